The Labute approximate surface area is 360 Å². The van der Waals surface area contributed by atoms with Gasteiger partial charge in [-0.1, -0.05) is 92.7 Å². The summed E-state index contributed by atoms with van der Waals surface area (Å²) in [6, 6.07) is 29.0. The second-order valence-electron chi connectivity index (χ2n) is 16.5. The maximum Gasteiger partial charge on any atom is 0.410 e. The molecular weight excluding hydrogens is 785 g/mol. The number of carbonyl (C=O) groups is 4. The molecule has 1 unspecified atom stereocenters. The summed E-state index contributed by atoms with van der Waals surface area (Å²) in [6.07, 6.45) is 4.53. The molecule has 2 saturated heterocycles. The first-order valence-electron chi connectivity index (χ1n) is 21.1. The van der Waals surface area contributed by atoms with Crippen molar-refractivity contribution in [3.8, 4) is 33.6 Å². The number of nitrogens with one attached hydrogen (secondary N) is 3. The Morgan fingerprint density at radius 2 is 1.24 bits per heavy atom. The Balaban J connectivity index is 0.942. The van der Waals surface area contributed by atoms with Crippen molar-refractivity contribution in [1.82, 2.24) is 40.0 Å². The summed E-state index contributed by atoms with van der Waals surface area (Å²) in [5.74, 6) is 0.903. The van der Waals surface area contributed by atoms with Crippen molar-refractivity contribution in [2.45, 2.75) is 63.8 Å². The predicted octanol–water partition coefficient (Wildman–Crippen LogP) is 8.43. The Morgan fingerprint density at radius 3 is 1.82 bits per heavy atom. The number of rotatable bonds is 11. The van der Waals surface area contributed by atoms with Gasteiger partial charge in [-0.3, -0.25) is 9.59 Å². The number of hydrogen-bond acceptors (Lipinski definition) is 8. The number of alkyl carbamates (subject to hydrolysis) is 1. The summed E-state index contributed by atoms with van der Waals surface area (Å²) in [7, 11) is 4.48. The molecule has 0 radical (unpaired) electrons. The van der Waals surface area contributed by atoms with E-state index in [4.69, 9.17) is 19.4 Å². The van der Waals surface area contributed by atoms with Gasteiger partial charge in [-0.05, 0) is 71.2 Å². The third kappa shape index (κ3) is 8.63. The molecule has 4 amide bonds. The molecule has 0 spiro atoms. The minimum atomic E-state index is -1.06. The van der Waals surface area contributed by atoms with Crippen molar-refractivity contribution in [2.24, 2.45) is 5.92 Å². The average molecular weight is 837 g/mol. The molecule has 0 aliphatic carbocycles. The summed E-state index contributed by atoms with van der Waals surface area (Å²) in [6.45, 7) is 4.94. The van der Waals surface area contributed by atoms with Crippen LogP contribution in [0.2, 0.25) is 0 Å². The number of aromatic amines is 2. The number of likely N-dealkylation sites (tertiary alicyclic amines) is 2. The molecule has 3 N–H and O–H groups in total. The predicted molar refractivity (Wildman–Crippen MR) is 235 cm³/mol. The van der Waals surface area contributed by atoms with Crippen molar-refractivity contribution in [3.05, 3.63) is 121 Å². The molecule has 6 aromatic rings. The number of carbonyl (C=O) groups excluding carboxylic acids is 4. The minimum Gasteiger partial charge on any atom is -0.453 e. The van der Waals surface area contributed by atoms with E-state index >= 15 is 0 Å². The third-order valence-corrected chi connectivity index (χ3v) is 11.9. The molecule has 14 heteroatoms. The van der Waals surface area contributed by atoms with Crippen molar-refractivity contribution < 1.29 is 28.7 Å². The molecule has 4 atom stereocenters. The molecule has 0 bridgehead atoms. The van der Waals surface area contributed by atoms with Crippen LogP contribution in [0.25, 0.3) is 44.4 Å². The van der Waals surface area contributed by atoms with E-state index in [0.29, 0.717) is 24.5 Å². The van der Waals surface area contributed by atoms with Crippen LogP contribution in [0.3, 0.4) is 0 Å². The van der Waals surface area contributed by atoms with Gasteiger partial charge < -0.3 is 39.5 Å². The van der Waals surface area contributed by atoms with Crippen molar-refractivity contribution in [1.29, 1.82) is 0 Å². The highest BCUT2D eigenvalue weighted by Crippen LogP contribution is 2.37. The number of hydrogen-bond donors (Lipinski definition) is 3. The Kier molecular flexibility index (Phi) is 12.1. The molecule has 2 fully saturated rings. The Bertz CT molecular complexity index is 2570. The molecule has 14 nitrogen and oxygen atoms in total. The van der Waals surface area contributed by atoms with Crippen LogP contribution in [0.1, 0.15) is 74.9 Å². The molecule has 8 rings (SSSR count). The molecule has 320 valence electrons. The fourth-order valence-corrected chi connectivity index (χ4v) is 8.49. The van der Waals surface area contributed by atoms with E-state index in [1.807, 2.05) is 43.1 Å². The van der Waals surface area contributed by atoms with Gasteiger partial charge in [0.2, 0.25) is 12.0 Å². The van der Waals surface area contributed by atoms with E-state index < -0.39 is 24.3 Å². The standard InChI is InChI=1S/C48H52N8O6/c1-29(2)41(53-47(59)61-5)45(57)55-23-9-13-39(55)43-50-28-38(52-43)36-22-21-34-25-33(19-20-35(34)26-36)30-15-17-31(18-16-30)37-27-49-44(51-37)40-14-10-24-56(40)46(58)42(62-48(60)54(3)4)32-11-7-6-8-12-32/h6-8,11-12,15-22,25-29,39-42H,9-10,13-14,23-24H2,1-5H3,(H,49,51)(H,50,52)(H,53,59)/t39-,40-,41?,42-/m0/s1. The fraction of sp³-hybridized carbons (Fsp3) is 0.333. The van der Waals surface area contributed by atoms with E-state index in [1.165, 1.54) is 12.0 Å². The maximum atomic E-state index is 14.0. The first-order valence-corrected chi connectivity index (χ1v) is 21.1. The second-order valence-corrected chi connectivity index (χ2v) is 16.5. The average Bonchev–Trinajstić information content (AvgIpc) is 4.14. The van der Waals surface area contributed by atoms with Crippen molar-refractivity contribution in [2.75, 3.05) is 34.3 Å². The molecule has 2 aromatic heterocycles. The van der Waals surface area contributed by atoms with Crippen LogP contribution in [-0.2, 0) is 19.1 Å². The quantitative estimate of drug-likeness (QED) is 0.117. The number of benzene rings is 4. The van der Waals surface area contributed by atoms with Gasteiger partial charge in [-0.2, -0.15) is 0 Å². The minimum absolute atomic E-state index is 0.108. The van der Waals surface area contributed by atoms with E-state index in [-0.39, 0.29) is 29.8 Å². The smallest absolute Gasteiger partial charge is 0.410 e. The number of aromatic nitrogens is 4. The van der Waals surface area contributed by atoms with Crippen LogP contribution >= 0.6 is 0 Å². The highest BCUT2D eigenvalue weighted by molar-refractivity contribution is 5.91. The molecule has 62 heavy (non-hydrogen) atoms. The highest BCUT2D eigenvalue weighted by atomic mass is 16.6. The lowest BCUT2D eigenvalue weighted by Gasteiger charge is -2.30. The SMILES string of the molecule is COC(=O)NC(C(=O)N1CCC[C@H]1c1ncc(-c2ccc3cc(-c4ccc(-c5cnc([C@@H]6CCCN6C(=O)[C@@H](OC(=O)N(C)C)c6ccccc6)[nH]5)cc4)ccc3c2)[nH]1)C(C)C. The first kappa shape index (κ1) is 41.8. The normalized spacial score (nSPS) is 17.3. The zero-order valence-electron chi connectivity index (χ0n) is 35.6. The molecule has 2 aliphatic rings. The lowest BCUT2D eigenvalue weighted by atomic mass is 9.98. The van der Waals surface area contributed by atoms with Gasteiger partial charge in [-0.25, -0.2) is 19.6 Å². The van der Waals surface area contributed by atoms with Gasteiger partial charge in [0.1, 0.15) is 17.7 Å². The molecule has 0 saturated carbocycles. The zero-order valence-corrected chi connectivity index (χ0v) is 35.6. The van der Waals surface area contributed by atoms with Gasteiger partial charge in [0, 0.05) is 38.3 Å². The number of imidazole rings is 2. The number of amides is 4. The van der Waals surface area contributed by atoms with Crippen LogP contribution in [0.5, 0.6) is 0 Å². The number of fused-ring (bicyclic) bond motifs is 1. The largest absolute Gasteiger partial charge is 0.453 e. The lowest BCUT2D eigenvalue weighted by Crippen LogP contribution is -2.51. The fourth-order valence-electron chi connectivity index (χ4n) is 8.49. The number of H-pyrrole nitrogens is 2. The lowest BCUT2D eigenvalue weighted by molar-refractivity contribution is -0.142. The summed E-state index contributed by atoms with van der Waals surface area (Å²) in [5.41, 5.74) is 6.45. The van der Waals surface area contributed by atoms with Gasteiger partial charge >= 0.3 is 12.2 Å². The van der Waals surface area contributed by atoms with Crippen molar-refractivity contribution >= 4 is 34.8 Å². The van der Waals surface area contributed by atoms with Crippen LogP contribution in [-0.4, -0.2) is 99.0 Å². The summed E-state index contributed by atoms with van der Waals surface area (Å²) >= 11 is 0. The summed E-state index contributed by atoms with van der Waals surface area (Å²) < 4.78 is 10.5. The van der Waals surface area contributed by atoms with Crippen LogP contribution < -0.4 is 5.32 Å². The van der Waals surface area contributed by atoms with Crippen LogP contribution in [0.4, 0.5) is 9.59 Å². The van der Waals surface area contributed by atoms with Crippen LogP contribution in [0.15, 0.2) is 103 Å². The Hall–Kier alpha value is -6.96. The number of methoxy groups -OCH3 is 1. The summed E-state index contributed by atoms with van der Waals surface area (Å²) in [4.78, 5) is 73.5. The number of nitrogens with zero attached hydrogens (tertiary/aromatic N) is 5. The van der Waals surface area contributed by atoms with E-state index in [1.54, 1.807) is 37.3 Å². The Morgan fingerprint density at radius 1 is 0.710 bits per heavy atom. The third-order valence-electron chi connectivity index (χ3n) is 11.9. The first-order chi connectivity index (χ1) is 30.0. The molecule has 4 heterocycles. The molecule has 2 aliphatic heterocycles. The molecular formula is C48H52N8O6. The monoisotopic (exact) mass is 836 g/mol. The van der Waals surface area contributed by atoms with E-state index in [0.717, 1.165) is 75.9 Å². The van der Waals surface area contributed by atoms with Crippen molar-refractivity contribution in [3.63, 3.8) is 0 Å². The topological polar surface area (TPSA) is 166 Å². The van der Waals surface area contributed by atoms with E-state index in [2.05, 4.69) is 75.9 Å². The van der Waals surface area contributed by atoms with E-state index in [9.17, 15) is 19.2 Å². The van der Waals surface area contributed by atoms with Gasteiger partial charge in [0.05, 0.1) is 43.0 Å². The van der Waals surface area contributed by atoms with Crippen LogP contribution in [0, 0.1) is 5.92 Å². The highest BCUT2D eigenvalue weighted by Gasteiger charge is 2.39. The van der Waals surface area contributed by atoms with Gasteiger partial charge in [0.15, 0.2) is 0 Å². The zero-order chi connectivity index (χ0) is 43.5. The van der Waals surface area contributed by atoms with Gasteiger partial charge in [-0.15, -0.1) is 0 Å². The second kappa shape index (κ2) is 17.9. The van der Waals surface area contributed by atoms with Gasteiger partial charge in [0.25, 0.3) is 5.91 Å². The number of ether oxygens (including phenoxy) is 2. The summed E-state index contributed by atoms with van der Waals surface area (Å²) in [5, 5.41) is 4.89. The molecule has 4 aromatic carbocycles. The maximum absolute atomic E-state index is 14.0.